The Morgan fingerprint density at radius 1 is 0.357 bits per heavy atom. The second-order valence-electron chi connectivity index (χ2n) is 16.3. The predicted octanol–water partition coefficient (Wildman–Crippen LogP) is 8.66. The summed E-state index contributed by atoms with van der Waals surface area (Å²) in [5.74, 6) is -2.95. The molecule has 0 aliphatic rings. The van der Waals surface area contributed by atoms with Gasteiger partial charge in [0.15, 0.2) is 0 Å². The number of ether oxygens (including phenoxy) is 3. The van der Waals surface area contributed by atoms with Crippen molar-refractivity contribution in [2.45, 2.75) is 85.5 Å². The van der Waals surface area contributed by atoms with E-state index in [0.717, 1.165) is 16.7 Å². The first-order valence-electron chi connectivity index (χ1n) is 17.5. The first-order chi connectivity index (χ1) is 26.0. The largest absolute Gasteiger partial charge is 0.549 e. The Bertz CT molecular complexity index is 1630. The van der Waals surface area contributed by atoms with E-state index in [1.807, 2.05) is 62.3 Å². The van der Waals surface area contributed by atoms with Gasteiger partial charge in [0, 0.05) is 0 Å². The van der Waals surface area contributed by atoms with Gasteiger partial charge in [-0.2, -0.15) is 14.4 Å². The van der Waals surface area contributed by atoms with Gasteiger partial charge in [0.25, 0.3) is 0 Å². The van der Waals surface area contributed by atoms with Crippen LogP contribution in [0.15, 0.2) is 72.8 Å². The predicted molar refractivity (Wildman–Crippen MR) is 197 cm³/mol. The highest BCUT2D eigenvalue weighted by atomic mass is 17.2. The number of benzene rings is 3. The summed E-state index contributed by atoms with van der Waals surface area (Å²) in [4.78, 5) is 101. The Balaban J connectivity index is 1.58. The van der Waals surface area contributed by atoms with Crippen LogP contribution in [0.5, 0.6) is 0 Å². The van der Waals surface area contributed by atoms with Crippen molar-refractivity contribution in [3.63, 3.8) is 0 Å². The molecular weight excluding hydrogens is 732 g/mol. The van der Waals surface area contributed by atoms with E-state index in [9.17, 15) is 28.8 Å². The molecule has 3 rings (SSSR count). The minimum absolute atomic E-state index is 0.0970. The van der Waals surface area contributed by atoms with Crippen molar-refractivity contribution in [2.24, 2.45) is 5.41 Å². The zero-order valence-electron chi connectivity index (χ0n) is 33.2. The van der Waals surface area contributed by atoms with Gasteiger partial charge < -0.3 is 14.2 Å². The third kappa shape index (κ3) is 13.9. The van der Waals surface area contributed by atoms with Crippen LogP contribution in [0, 0.1) is 5.41 Å². The molecule has 0 saturated heterocycles. The zero-order chi connectivity index (χ0) is 41.9. The number of carbonyl (C=O) groups excluding carboxylic acids is 6. The van der Waals surface area contributed by atoms with Crippen molar-refractivity contribution in [1.82, 2.24) is 0 Å². The van der Waals surface area contributed by atoms with Gasteiger partial charge in [-0.1, -0.05) is 98.7 Å². The lowest BCUT2D eigenvalue weighted by atomic mass is 9.87. The smallest absolute Gasteiger partial charge is 0.431 e. The molecule has 0 N–H and O–H groups in total. The summed E-state index contributed by atoms with van der Waals surface area (Å²) in [7, 11) is 0. The third-order valence-corrected chi connectivity index (χ3v) is 8.13. The van der Waals surface area contributed by atoms with Crippen molar-refractivity contribution < 1.29 is 72.3 Å². The molecule has 0 amide bonds. The molecule has 0 spiro atoms. The minimum Gasteiger partial charge on any atom is -0.431 e. The van der Waals surface area contributed by atoms with E-state index in [1.165, 1.54) is 43.3 Å². The van der Waals surface area contributed by atoms with Crippen LogP contribution in [-0.2, 0) is 59.8 Å². The normalized spacial score (nSPS) is 11.7. The van der Waals surface area contributed by atoms with Crippen LogP contribution < -0.4 is 0 Å². The maximum absolute atomic E-state index is 12.4. The maximum atomic E-state index is 12.4. The number of carbonyl (C=O) groups is 6. The lowest BCUT2D eigenvalue weighted by molar-refractivity contribution is -0.216. The van der Waals surface area contributed by atoms with Gasteiger partial charge in [-0.3, -0.25) is 0 Å². The molecule has 0 fully saturated rings. The van der Waals surface area contributed by atoms with Crippen LogP contribution in [0.4, 0.5) is 14.4 Å². The van der Waals surface area contributed by atoms with E-state index in [-0.39, 0.29) is 32.9 Å². The zero-order valence-corrected chi connectivity index (χ0v) is 33.2. The topological polar surface area (TPSA) is 185 Å². The second-order valence-corrected chi connectivity index (χ2v) is 16.3. The van der Waals surface area contributed by atoms with E-state index < -0.39 is 61.6 Å². The first kappa shape index (κ1) is 44.3. The Kier molecular flexibility index (Phi) is 14.6. The van der Waals surface area contributed by atoms with E-state index >= 15 is 0 Å². The van der Waals surface area contributed by atoms with Crippen LogP contribution in [-0.4, -0.2) is 56.2 Å². The van der Waals surface area contributed by atoms with Gasteiger partial charge in [-0.25, -0.2) is 43.7 Å². The molecule has 15 nitrogen and oxygen atoms in total. The molecule has 302 valence electrons. The lowest BCUT2D eigenvalue weighted by Crippen LogP contribution is -2.37. The van der Waals surface area contributed by atoms with Crippen LogP contribution in [0.25, 0.3) is 0 Å². The molecule has 0 unspecified atom stereocenters. The lowest BCUT2D eigenvalue weighted by Gasteiger charge is -2.26. The third-order valence-electron chi connectivity index (χ3n) is 8.13. The van der Waals surface area contributed by atoms with Gasteiger partial charge in [0.1, 0.15) is 19.8 Å². The molecule has 56 heavy (non-hydrogen) atoms. The molecular formula is C41H48O15. The fourth-order valence-corrected chi connectivity index (χ4v) is 4.58. The van der Waals surface area contributed by atoms with Crippen molar-refractivity contribution in [2.75, 3.05) is 19.8 Å². The highest BCUT2D eigenvalue weighted by Gasteiger charge is 2.33. The SMILES string of the molecule is CC(COC(=O)OOC(=O)c1ccc(C(C)(C)C)cc1)(COC(=O)OOC(=O)c1ccc(C(C)(C)C)cc1)COC(=O)OOC(=O)c1ccc(C(C)(C)C)cc1. The highest BCUT2D eigenvalue weighted by molar-refractivity contribution is 5.90. The molecule has 0 atom stereocenters. The average molecular weight is 781 g/mol. The molecule has 0 aromatic heterocycles. The number of hydrogen-bond acceptors (Lipinski definition) is 15. The molecule has 3 aromatic rings. The van der Waals surface area contributed by atoms with E-state index in [1.54, 1.807) is 36.4 Å². The number of hydrogen-bond donors (Lipinski definition) is 0. The Hall–Kier alpha value is -6.12. The number of rotatable bonds is 9. The Morgan fingerprint density at radius 3 is 0.768 bits per heavy atom. The van der Waals surface area contributed by atoms with E-state index in [2.05, 4.69) is 29.3 Å². The summed E-state index contributed by atoms with van der Waals surface area (Å²) in [6.07, 6.45) is -4.42. The van der Waals surface area contributed by atoms with Gasteiger partial charge in [-0.05, 0) is 76.3 Å². The van der Waals surface area contributed by atoms with Crippen molar-refractivity contribution in [3.05, 3.63) is 106 Å². The van der Waals surface area contributed by atoms with Crippen molar-refractivity contribution in [1.29, 1.82) is 0 Å². The molecule has 3 aromatic carbocycles. The quantitative estimate of drug-likeness (QED) is 0.0868. The first-order valence-corrected chi connectivity index (χ1v) is 17.5. The standard InChI is InChI=1S/C41H48O15/c1-38(2,3)29-17-11-26(12-18-29)32(42)51-54-35(45)48-23-41(10,24-49-36(46)55-52-33(43)27-13-19-30(20-14-27)39(4,5)6)25-50-37(47)56-53-34(44)28-15-21-31(22-16-28)40(7,8)9/h11-22H,23-25H2,1-10H3. The minimum atomic E-state index is -1.57. The summed E-state index contributed by atoms with van der Waals surface area (Å²) in [6.45, 7) is 17.3. The summed E-state index contributed by atoms with van der Waals surface area (Å²) in [5.41, 5.74) is 1.11. The van der Waals surface area contributed by atoms with E-state index in [0.29, 0.717) is 0 Å². The van der Waals surface area contributed by atoms with Crippen LogP contribution >= 0.6 is 0 Å². The average Bonchev–Trinajstić information content (AvgIpc) is 3.14. The van der Waals surface area contributed by atoms with Crippen LogP contribution in [0.1, 0.15) is 117 Å². The van der Waals surface area contributed by atoms with Crippen molar-refractivity contribution >= 4 is 36.4 Å². The molecule has 0 aliphatic heterocycles. The summed E-state index contributed by atoms with van der Waals surface area (Å²) >= 11 is 0. The maximum Gasteiger partial charge on any atom is 0.549 e. The summed E-state index contributed by atoms with van der Waals surface area (Å²) < 4.78 is 15.1. The second kappa shape index (κ2) is 18.5. The molecule has 0 bridgehead atoms. The van der Waals surface area contributed by atoms with Gasteiger partial charge in [0.05, 0.1) is 22.1 Å². The summed E-state index contributed by atoms with van der Waals surface area (Å²) in [6, 6.07) is 19.4. The highest BCUT2D eigenvalue weighted by Crippen LogP contribution is 2.25. The fourth-order valence-electron chi connectivity index (χ4n) is 4.58. The fraction of sp³-hybridized carbons (Fsp3) is 0.415. The van der Waals surface area contributed by atoms with Crippen molar-refractivity contribution in [3.8, 4) is 0 Å². The Labute approximate surface area is 325 Å². The molecule has 15 heteroatoms. The van der Waals surface area contributed by atoms with Crippen LogP contribution in [0.2, 0.25) is 0 Å². The Morgan fingerprint density at radius 2 is 0.571 bits per heavy atom. The van der Waals surface area contributed by atoms with Gasteiger partial charge >= 0.3 is 36.4 Å². The van der Waals surface area contributed by atoms with Gasteiger partial charge in [-0.15, -0.1) is 0 Å². The van der Waals surface area contributed by atoms with Crippen LogP contribution in [0.3, 0.4) is 0 Å². The molecule has 0 aliphatic carbocycles. The molecule has 0 heterocycles. The van der Waals surface area contributed by atoms with Gasteiger partial charge in [0.2, 0.25) is 0 Å². The molecule has 0 saturated carbocycles. The molecule has 0 radical (unpaired) electrons. The van der Waals surface area contributed by atoms with E-state index in [4.69, 9.17) is 14.2 Å². The monoisotopic (exact) mass is 780 g/mol. The summed E-state index contributed by atoms with van der Waals surface area (Å²) in [5, 5.41) is 0.